The second-order valence-electron chi connectivity index (χ2n) is 10.5. The molecule has 0 spiro atoms. The zero-order chi connectivity index (χ0) is 26.3. The lowest BCUT2D eigenvalue weighted by Crippen LogP contribution is -2.02. The highest BCUT2D eigenvalue weighted by Gasteiger charge is 2.20. The average molecular weight is 507 g/mol. The molecule has 2 aromatic heterocycles. The summed E-state index contributed by atoms with van der Waals surface area (Å²) in [5.41, 5.74) is 9.57. The fraction of sp³-hybridized carbons (Fsp3) is 0.143. The van der Waals surface area contributed by atoms with Crippen LogP contribution in [0.4, 0.5) is 0 Å². The van der Waals surface area contributed by atoms with Gasteiger partial charge < -0.3 is 4.57 Å². The number of benzene rings is 4. The molecular formula is C35H30N4. The maximum Gasteiger partial charge on any atom is 0.168 e. The summed E-state index contributed by atoms with van der Waals surface area (Å²) in [5, 5.41) is 10.7. The summed E-state index contributed by atoms with van der Waals surface area (Å²) < 4.78 is 4.55. The summed E-state index contributed by atoms with van der Waals surface area (Å²) in [7, 11) is 0. The quantitative estimate of drug-likeness (QED) is 0.235. The summed E-state index contributed by atoms with van der Waals surface area (Å²) in [6, 6.07) is 36.5. The van der Waals surface area contributed by atoms with Crippen LogP contribution in [0.3, 0.4) is 0 Å². The van der Waals surface area contributed by atoms with Crippen molar-refractivity contribution in [1.29, 1.82) is 0 Å². The van der Waals surface area contributed by atoms with Gasteiger partial charge in [-0.3, -0.25) is 4.57 Å². The normalized spacial score (nSPS) is 12.8. The van der Waals surface area contributed by atoms with Crippen LogP contribution in [0.15, 0.2) is 109 Å². The van der Waals surface area contributed by atoms with Gasteiger partial charge in [0.15, 0.2) is 11.6 Å². The number of nitrogens with zero attached hydrogens (tertiary/aromatic N) is 4. The molecule has 0 N–H and O–H groups in total. The SMILES string of the molecule is CC(C)c1ccc(-n2c(-c3ccccc3)nnc2-c2ccc(-n3c4c(c5ccccc53)CCC=C4)cc2)cc1. The Morgan fingerprint density at radius 2 is 1.26 bits per heavy atom. The highest BCUT2D eigenvalue weighted by Crippen LogP contribution is 2.35. The summed E-state index contributed by atoms with van der Waals surface area (Å²) in [6.07, 6.45) is 6.73. The molecule has 4 aromatic carbocycles. The van der Waals surface area contributed by atoms with Crippen molar-refractivity contribution in [3.63, 3.8) is 0 Å². The highest BCUT2D eigenvalue weighted by molar-refractivity contribution is 5.90. The summed E-state index contributed by atoms with van der Waals surface area (Å²) >= 11 is 0. The van der Waals surface area contributed by atoms with Gasteiger partial charge in [-0.25, -0.2) is 0 Å². The molecule has 4 heteroatoms. The van der Waals surface area contributed by atoms with Gasteiger partial charge in [0, 0.05) is 33.6 Å². The third-order valence-electron chi connectivity index (χ3n) is 7.75. The van der Waals surface area contributed by atoms with Crippen molar-refractivity contribution < 1.29 is 0 Å². The second-order valence-corrected chi connectivity index (χ2v) is 10.5. The monoisotopic (exact) mass is 506 g/mol. The van der Waals surface area contributed by atoms with Crippen molar-refractivity contribution in [2.75, 3.05) is 0 Å². The second kappa shape index (κ2) is 9.55. The molecule has 0 atom stereocenters. The van der Waals surface area contributed by atoms with Crippen LogP contribution in [0.5, 0.6) is 0 Å². The van der Waals surface area contributed by atoms with Crippen LogP contribution in [-0.2, 0) is 6.42 Å². The van der Waals surface area contributed by atoms with Crippen LogP contribution >= 0.6 is 0 Å². The molecule has 4 nitrogen and oxygen atoms in total. The van der Waals surface area contributed by atoms with Gasteiger partial charge in [0.25, 0.3) is 0 Å². The number of aryl methyl sites for hydroxylation is 1. The van der Waals surface area contributed by atoms with Crippen molar-refractivity contribution in [1.82, 2.24) is 19.3 Å². The van der Waals surface area contributed by atoms with E-state index in [-0.39, 0.29) is 0 Å². The summed E-state index contributed by atoms with van der Waals surface area (Å²) in [5.74, 6) is 2.14. The predicted octanol–water partition coefficient (Wildman–Crippen LogP) is 8.63. The third-order valence-corrected chi connectivity index (χ3v) is 7.75. The van der Waals surface area contributed by atoms with Gasteiger partial charge in [0.2, 0.25) is 0 Å². The Kier molecular flexibility index (Phi) is 5.74. The molecule has 0 radical (unpaired) electrons. The largest absolute Gasteiger partial charge is 0.310 e. The molecule has 0 unspecified atom stereocenters. The molecule has 1 aliphatic carbocycles. The van der Waals surface area contributed by atoms with Gasteiger partial charge in [0.05, 0.1) is 5.52 Å². The van der Waals surface area contributed by atoms with E-state index < -0.39 is 0 Å². The number of hydrogen-bond acceptors (Lipinski definition) is 2. The van der Waals surface area contributed by atoms with Crippen LogP contribution in [0.25, 0.3) is 51.1 Å². The highest BCUT2D eigenvalue weighted by atomic mass is 15.3. The van der Waals surface area contributed by atoms with Crippen LogP contribution in [0.1, 0.15) is 43.0 Å². The van der Waals surface area contributed by atoms with Crippen molar-refractivity contribution in [3.8, 4) is 34.2 Å². The Balaban J connectivity index is 1.35. The van der Waals surface area contributed by atoms with Gasteiger partial charge in [-0.1, -0.05) is 80.6 Å². The molecule has 0 saturated heterocycles. The molecule has 0 bridgehead atoms. The summed E-state index contributed by atoms with van der Waals surface area (Å²) in [4.78, 5) is 0. The van der Waals surface area contributed by atoms with E-state index >= 15 is 0 Å². The molecular weight excluding hydrogens is 476 g/mol. The molecule has 6 aromatic rings. The minimum atomic E-state index is 0.478. The first-order valence-corrected chi connectivity index (χ1v) is 13.7. The molecule has 2 heterocycles. The molecule has 0 saturated carbocycles. The molecule has 1 aliphatic rings. The molecule has 7 rings (SSSR count). The lowest BCUT2D eigenvalue weighted by molar-refractivity contribution is 0.865. The maximum absolute atomic E-state index is 4.70. The topological polar surface area (TPSA) is 35.6 Å². The van der Waals surface area contributed by atoms with E-state index in [1.807, 2.05) is 18.2 Å². The van der Waals surface area contributed by atoms with Crippen molar-refractivity contribution in [3.05, 3.63) is 126 Å². The molecule has 0 amide bonds. The molecule has 190 valence electrons. The number of para-hydroxylation sites is 1. The molecule has 0 fully saturated rings. The fourth-order valence-electron chi connectivity index (χ4n) is 5.72. The number of rotatable bonds is 5. The zero-order valence-corrected chi connectivity index (χ0v) is 22.3. The van der Waals surface area contributed by atoms with Crippen LogP contribution < -0.4 is 0 Å². The van der Waals surface area contributed by atoms with E-state index in [2.05, 4.69) is 125 Å². The Bertz CT molecular complexity index is 1800. The zero-order valence-electron chi connectivity index (χ0n) is 22.3. The van der Waals surface area contributed by atoms with Crippen LogP contribution in [0, 0.1) is 0 Å². The van der Waals surface area contributed by atoms with E-state index in [0.717, 1.165) is 47.0 Å². The van der Waals surface area contributed by atoms with Gasteiger partial charge in [-0.15, -0.1) is 10.2 Å². The van der Waals surface area contributed by atoms with Crippen molar-refractivity contribution in [2.45, 2.75) is 32.6 Å². The maximum atomic E-state index is 4.70. The lowest BCUT2D eigenvalue weighted by Gasteiger charge is -2.14. The first kappa shape index (κ1) is 23.4. The van der Waals surface area contributed by atoms with Gasteiger partial charge in [-0.05, 0) is 78.4 Å². The third kappa shape index (κ3) is 4.00. The van der Waals surface area contributed by atoms with E-state index in [9.17, 15) is 0 Å². The van der Waals surface area contributed by atoms with Crippen molar-refractivity contribution >= 4 is 17.0 Å². The lowest BCUT2D eigenvalue weighted by atomic mass is 10.0. The average Bonchev–Trinajstić information content (AvgIpc) is 3.58. The first-order chi connectivity index (χ1) is 19.2. The molecule has 0 aliphatic heterocycles. The Morgan fingerprint density at radius 3 is 1.97 bits per heavy atom. The Labute approximate surface area is 228 Å². The number of fused-ring (bicyclic) bond motifs is 3. The standard InChI is InChI=1S/C35H30N4/c1-24(2)25-16-20-29(21-17-25)39-34(26-10-4-3-5-11-26)36-37-35(39)27-18-22-28(23-19-27)38-32-14-8-6-12-30(32)31-13-7-9-15-33(31)38/h3-6,8-12,14-24H,7,13H2,1-2H3. The van der Waals surface area contributed by atoms with Crippen LogP contribution in [0.2, 0.25) is 0 Å². The minimum absolute atomic E-state index is 0.478. The smallest absolute Gasteiger partial charge is 0.168 e. The van der Waals surface area contributed by atoms with Crippen molar-refractivity contribution in [2.24, 2.45) is 0 Å². The van der Waals surface area contributed by atoms with Gasteiger partial charge >= 0.3 is 0 Å². The van der Waals surface area contributed by atoms with E-state index in [0.29, 0.717) is 5.92 Å². The van der Waals surface area contributed by atoms with Gasteiger partial charge in [-0.2, -0.15) is 0 Å². The fourth-order valence-corrected chi connectivity index (χ4v) is 5.72. The number of hydrogen-bond donors (Lipinski definition) is 0. The molecule has 39 heavy (non-hydrogen) atoms. The summed E-state index contributed by atoms with van der Waals surface area (Å²) in [6.45, 7) is 4.44. The number of allylic oxidation sites excluding steroid dienone is 1. The van der Waals surface area contributed by atoms with E-state index in [1.165, 1.54) is 27.7 Å². The Morgan fingerprint density at radius 1 is 0.641 bits per heavy atom. The van der Waals surface area contributed by atoms with E-state index in [4.69, 9.17) is 5.10 Å². The first-order valence-electron chi connectivity index (χ1n) is 13.7. The van der Waals surface area contributed by atoms with Gasteiger partial charge in [0.1, 0.15) is 0 Å². The number of aromatic nitrogens is 4. The Hall–Kier alpha value is -4.70. The van der Waals surface area contributed by atoms with Crippen LogP contribution in [-0.4, -0.2) is 19.3 Å². The predicted molar refractivity (Wildman–Crippen MR) is 161 cm³/mol. The minimum Gasteiger partial charge on any atom is -0.310 e. The van der Waals surface area contributed by atoms with E-state index in [1.54, 1.807) is 0 Å².